The van der Waals surface area contributed by atoms with Crippen molar-refractivity contribution in [3.8, 4) is 0 Å². The van der Waals surface area contributed by atoms with Crippen molar-refractivity contribution in [1.82, 2.24) is 0 Å². The largest absolute Gasteiger partial charge is 0.0649 e. The first-order valence-electron chi connectivity index (χ1n) is 8.10. The van der Waals surface area contributed by atoms with Gasteiger partial charge in [-0.2, -0.15) is 0 Å². The third-order valence-corrected chi connectivity index (χ3v) is 5.60. The van der Waals surface area contributed by atoms with Gasteiger partial charge in [-0.15, -0.1) is 0 Å². The van der Waals surface area contributed by atoms with Crippen LogP contribution in [0.25, 0.3) is 0 Å². The van der Waals surface area contributed by atoms with Crippen LogP contribution in [0, 0.1) is 5.92 Å². The molecular weight excluding hydrogens is 264 g/mol. The highest BCUT2D eigenvalue weighted by Crippen LogP contribution is 2.51. The molecule has 0 amide bonds. The summed E-state index contributed by atoms with van der Waals surface area (Å²) in [7, 11) is 0. The standard InChI is InChI=1S/C22H15/c1-4-13-10-15-6-2-8-17-12-18-9-3-7-16-11-14(5-1)19(13)22(20(15)17)21(16)18/h1-9H,10-12H2/q+1. The van der Waals surface area contributed by atoms with Crippen LogP contribution in [0.3, 0.4) is 0 Å². The number of benzene rings is 3. The van der Waals surface area contributed by atoms with E-state index in [1.165, 1.54) is 39.3 Å². The third-order valence-electron chi connectivity index (χ3n) is 5.60. The second-order valence-electron chi connectivity index (χ2n) is 6.76. The van der Waals surface area contributed by atoms with Gasteiger partial charge in [0.05, 0.1) is 22.6 Å². The van der Waals surface area contributed by atoms with Crippen LogP contribution in [0.5, 0.6) is 0 Å². The quantitative estimate of drug-likeness (QED) is 0.361. The van der Waals surface area contributed by atoms with E-state index in [2.05, 4.69) is 54.6 Å². The topological polar surface area (TPSA) is 0 Å². The summed E-state index contributed by atoms with van der Waals surface area (Å²) in [6.45, 7) is 0. The highest BCUT2D eigenvalue weighted by Gasteiger charge is 2.44. The zero-order chi connectivity index (χ0) is 14.3. The first-order valence-corrected chi connectivity index (χ1v) is 8.10. The maximum Gasteiger partial charge on any atom is 0.0649 e. The fourth-order valence-corrected chi connectivity index (χ4v) is 4.80. The number of hydrogen-bond donors (Lipinski definition) is 0. The number of rotatable bonds is 0. The zero-order valence-corrected chi connectivity index (χ0v) is 12.3. The third kappa shape index (κ3) is 1.19. The molecule has 3 aromatic rings. The Morgan fingerprint density at radius 3 is 1.00 bits per heavy atom. The second kappa shape index (κ2) is 3.64. The van der Waals surface area contributed by atoms with E-state index in [9.17, 15) is 0 Å². The average molecular weight is 279 g/mol. The Bertz CT molecular complexity index is 774. The molecule has 0 nitrogen and oxygen atoms in total. The van der Waals surface area contributed by atoms with Crippen LogP contribution in [-0.4, -0.2) is 0 Å². The van der Waals surface area contributed by atoms with Gasteiger partial charge in [-0.05, 0) is 36.4 Å². The van der Waals surface area contributed by atoms with Gasteiger partial charge in [0.2, 0.25) is 0 Å². The van der Waals surface area contributed by atoms with E-state index in [4.69, 9.17) is 0 Å². The molecule has 3 aromatic carbocycles. The van der Waals surface area contributed by atoms with Crippen molar-refractivity contribution in [3.05, 3.63) is 111 Å². The minimum atomic E-state index is 1.09. The van der Waals surface area contributed by atoms with Crippen molar-refractivity contribution in [2.75, 3.05) is 0 Å². The predicted octanol–water partition coefficient (Wildman–Crippen LogP) is 4.42. The normalized spacial score (nSPS) is 15.5. The molecule has 0 heterocycles. The molecule has 0 spiro atoms. The Morgan fingerprint density at radius 1 is 0.455 bits per heavy atom. The van der Waals surface area contributed by atoms with Gasteiger partial charge in [-0.3, -0.25) is 0 Å². The summed E-state index contributed by atoms with van der Waals surface area (Å²) in [6, 6.07) is 20.7. The summed E-state index contributed by atoms with van der Waals surface area (Å²) in [5.41, 5.74) is 13.7. The van der Waals surface area contributed by atoms with Gasteiger partial charge in [-0.25, -0.2) is 0 Å². The molecule has 102 valence electrons. The van der Waals surface area contributed by atoms with E-state index in [1.807, 2.05) is 0 Å². The molecule has 0 saturated heterocycles. The van der Waals surface area contributed by atoms with Crippen LogP contribution in [0.1, 0.15) is 50.1 Å². The number of hydrogen-bond acceptors (Lipinski definition) is 0. The zero-order valence-electron chi connectivity index (χ0n) is 12.3. The van der Waals surface area contributed by atoms with Crippen molar-refractivity contribution < 1.29 is 0 Å². The Hall–Kier alpha value is -2.47. The highest BCUT2D eigenvalue weighted by molar-refractivity contribution is 5.77. The lowest BCUT2D eigenvalue weighted by atomic mass is 9.63. The van der Waals surface area contributed by atoms with Crippen molar-refractivity contribution in [2.45, 2.75) is 19.3 Å². The maximum atomic E-state index is 2.32. The van der Waals surface area contributed by atoms with Crippen LogP contribution in [0.15, 0.2) is 54.6 Å². The van der Waals surface area contributed by atoms with Crippen LogP contribution >= 0.6 is 0 Å². The molecule has 22 heavy (non-hydrogen) atoms. The van der Waals surface area contributed by atoms with Crippen molar-refractivity contribution in [3.63, 3.8) is 0 Å². The van der Waals surface area contributed by atoms with Gasteiger partial charge in [0.15, 0.2) is 0 Å². The smallest absolute Gasteiger partial charge is 0.0505 e. The first-order chi connectivity index (χ1) is 10.9. The van der Waals surface area contributed by atoms with Crippen molar-refractivity contribution in [2.24, 2.45) is 0 Å². The lowest BCUT2D eigenvalue weighted by Crippen LogP contribution is -2.28. The van der Waals surface area contributed by atoms with E-state index in [0.29, 0.717) is 0 Å². The molecule has 0 bridgehead atoms. The molecule has 3 aliphatic rings. The Labute approximate surface area is 130 Å². The van der Waals surface area contributed by atoms with Gasteiger partial charge in [0.1, 0.15) is 0 Å². The van der Waals surface area contributed by atoms with Gasteiger partial charge < -0.3 is 0 Å². The van der Waals surface area contributed by atoms with Crippen LogP contribution < -0.4 is 0 Å². The Morgan fingerprint density at radius 2 is 0.727 bits per heavy atom. The summed E-state index contributed by atoms with van der Waals surface area (Å²) in [5, 5.41) is 0. The molecule has 0 aromatic heterocycles. The van der Waals surface area contributed by atoms with Gasteiger partial charge in [0.25, 0.3) is 0 Å². The van der Waals surface area contributed by atoms with E-state index in [-0.39, 0.29) is 0 Å². The molecule has 0 N–H and O–H groups in total. The fourth-order valence-electron chi connectivity index (χ4n) is 4.80. The second-order valence-corrected chi connectivity index (χ2v) is 6.76. The van der Waals surface area contributed by atoms with Crippen LogP contribution in [0.2, 0.25) is 0 Å². The molecule has 0 radical (unpaired) electrons. The van der Waals surface area contributed by atoms with Crippen LogP contribution in [0.4, 0.5) is 0 Å². The lowest BCUT2D eigenvalue weighted by molar-refractivity contribution is 0.900. The monoisotopic (exact) mass is 279 g/mol. The Kier molecular flexibility index (Phi) is 1.85. The van der Waals surface area contributed by atoms with E-state index in [1.54, 1.807) is 16.7 Å². The first kappa shape index (κ1) is 11.1. The SMILES string of the molecule is c1cc2c3c(c1)Cc1cccc4c1[C+]3c1c(cccc1C4)C2. The van der Waals surface area contributed by atoms with E-state index >= 15 is 0 Å². The summed E-state index contributed by atoms with van der Waals surface area (Å²) >= 11 is 0. The minimum Gasteiger partial charge on any atom is -0.0505 e. The van der Waals surface area contributed by atoms with Crippen molar-refractivity contribution in [1.29, 1.82) is 0 Å². The molecule has 3 aliphatic carbocycles. The predicted molar refractivity (Wildman–Crippen MR) is 88.3 cm³/mol. The Balaban J connectivity index is 1.80. The lowest BCUT2D eigenvalue weighted by Gasteiger charge is -2.35. The fraction of sp³-hybridized carbons (Fsp3) is 0.136. The molecule has 0 atom stereocenters. The summed E-state index contributed by atoms with van der Waals surface area (Å²) in [4.78, 5) is 0. The summed E-state index contributed by atoms with van der Waals surface area (Å²) in [5.74, 6) is 1.53. The molecule has 0 aliphatic heterocycles. The summed E-state index contributed by atoms with van der Waals surface area (Å²) in [6.07, 6.45) is 3.27. The van der Waals surface area contributed by atoms with Gasteiger partial charge in [0, 0.05) is 52.6 Å². The maximum absolute atomic E-state index is 2.32. The van der Waals surface area contributed by atoms with Gasteiger partial charge >= 0.3 is 0 Å². The molecule has 0 unspecified atom stereocenters. The van der Waals surface area contributed by atoms with E-state index < -0.39 is 0 Å². The molecular formula is C22H15+. The van der Waals surface area contributed by atoms with E-state index in [0.717, 1.165) is 19.3 Å². The average Bonchev–Trinajstić information content (AvgIpc) is 2.55. The molecule has 6 rings (SSSR count). The van der Waals surface area contributed by atoms with Crippen LogP contribution in [-0.2, 0) is 19.3 Å². The molecule has 0 saturated carbocycles. The summed E-state index contributed by atoms with van der Waals surface area (Å²) < 4.78 is 0. The molecule has 0 heteroatoms. The van der Waals surface area contributed by atoms with Crippen molar-refractivity contribution >= 4 is 0 Å². The molecule has 0 fully saturated rings. The highest BCUT2D eigenvalue weighted by atomic mass is 14.4. The van der Waals surface area contributed by atoms with Gasteiger partial charge in [-0.1, -0.05) is 18.2 Å². The minimum absolute atomic E-state index is 1.09.